The van der Waals surface area contributed by atoms with Gasteiger partial charge in [-0.25, -0.2) is 0 Å². The number of carbonyl (C=O) groups excluding carboxylic acids is 2. The highest BCUT2D eigenvalue weighted by Gasteiger charge is 2.44. The summed E-state index contributed by atoms with van der Waals surface area (Å²) in [5, 5.41) is 1.92. The highest BCUT2D eigenvalue weighted by molar-refractivity contribution is 7.12. The quantitative estimate of drug-likeness (QED) is 0.831. The van der Waals surface area contributed by atoms with Crippen LogP contribution >= 0.6 is 11.3 Å². The Morgan fingerprint density at radius 2 is 1.96 bits per heavy atom. The molecule has 25 heavy (non-hydrogen) atoms. The standard InChI is InChI=1S/C19H20N2O3S/c22-17-12-24-19(14-21(17)15-6-2-1-3-7-15)9-5-10-20(13-19)18(23)16-8-4-11-25-16/h1-4,6-8,11H,5,9-10,12-14H2. The molecule has 6 heteroatoms. The average Bonchev–Trinajstić information content (AvgIpc) is 3.19. The summed E-state index contributed by atoms with van der Waals surface area (Å²) in [4.78, 5) is 29.5. The highest BCUT2D eigenvalue weighted by atomic mass is 32.1. The summed E-state index contributed by atoms with van der Waals surface area (Å²) in [6, 6.07) is 13.4. The SMILES string of the molecule is O=C(c1cccs1)N1CCCC2(C1)CN(c1ccccc1)C(=O)CO2. The Balaban J connectivity index is 1.54. The predicted molar refractivity (Wildman–Crippen MR) is 96.9 cm³/mol. The molecule has 2 aliphatic heterocycles. The number of piperidine rings is 1. The molecule has 130 valence electrons. The normalized spacial score (nSPS) is 23.9. The molecule has 2 aliphatic rings. The zero-order valence-corrected chi connectivity index (χ0v) is 14.7. The summed E-state index contributed by atoms with van der Waals surface area (Å²) in [6.07, 6.45) is 1.74. The second-order valence-corrected chi connectivity index (χ2v) is 7.54. The van der Waals surface area contributed by atoms with E-state index in [2.05, 4.69) is 0 Å². The van der Waals surface area contributed by atoms with Gasteiger partial charge in [-0.1, -0.05) is 24.3 Å². The van der Waals surface area contributed by atoms with Crippen LogP contribution in [0.3, 0.4) is 0 Å². The van der Waals surface area contributed by atoms with E-state index >= 15 is 0 Å². The number of nitrogens with zero attached hydrogens (tertiary/aromatic N) is 2. The van der Waals surface area contributed by atoms with Gasteiger partial charge in [0, 0.05) is 12.2 Å². The van der Waals surface area contributed by atoms with Crippen LogP contribution in [0.2, 0.25) is 0 Å². The second-order valence-electron chi connectivity index (χ2n) is 6.59. The van der Waals surface area contributed by atoms with Crippen molar-refractivity contribution in [2.24, 2.45) is 0 Å². The fraction of sp³-hybridized carbons (Fsp3) is 0.368. The van der Waals surface area contributed by atoms with E-state index in [0.717, 1.165) is 30.0 Å². The molecule has 0 aliphatic carbocycles. The van der Waals surface area contributed by atoms with Gasteiger partial charge in [0.05, 0.1) is 18.0 Å². The number of likely N-dealkylation sites (tertiary alicyclic amines) is 1. The lowest BCUT2D eigenvalue weighted by molar-refractivity contribution is -0.144. The van der Waals surface area contributed by atoms with Gasteiger partial charge in [-0.15, -0.1) is 11.3 Å². The largest absolute Gasteiger partial charge is 0.361 e. The summed E-state index contributed by atoms with van der Waals surface area (Å²) in [5.74, 6) is 0.0272. The molecule has 2 fully saturated rings. The van der Waals surface area contributed by atoms with E-state index in [4.69, 9.17) is 4.74 Å². The minimum absolute atomic E-state index is 0.0291. The van der Waals surface area contributed by atoms with Crippen molar-refractivity contribution in [1.82, 2.24) is 4.90 Å². The maximum atomic E-state index is 12.7. The molecule has 2 amide bonds. The third-order valence-electron chi connectivity index (χ3n) is 4.88. The number of benzene rings is 1. The van der Waals surface area contributed by atoms with Crippen molar-refractivity contribution in [2.45, 2.75) is 18.4 Å². The Morgan fingerprint density at radius 1 is 1.12 bits per heavy atom. The Bertz CT molecular complexity index is 762. The van der Waals surface area contributed by atoms with Crippen LogP contribution in [0.1, 0.15) is 22.5 Å². The van der Waals surface area contributed by atoms with Gasteiger partial charge in [-0.3, -0.25) is 9.59 Å². The van der Waals surface area contributed by atoms with Gasteiger partial charge in [0.1, 0.15) is 12.2 Å². The van der Waals surface area contributed by atoms with Gasteiger partial charge >= 0.3 is 0 Å². The second kappa shape index (κ2) is 6.61. The first-order valence-electron chi connectivity index (χ1n) is 8.49. The number of rotatable bonds is 2. The number of para-hydroxylation sites is 1. The molecule has 0 bridgehead atoms. The summed E-state index contributed by atoms with van der Waals surface area (Å²) in [7, 11) is 0. The van der Waals surface area contributed by atoms with E-state index in [-0.39, 0.29) is 18.4 Å². The zero-order chi connectivity index (χ0) is 17.3. The summed E-state index contributed by atoms with van der Waals surface area (Å²) in [5.41, 5.74) is 0.409. The van der Waals surface area contributed by atoms with E-state index < -0.39 is 5.60 Å². The molecule has 5 nitrogen and oxygen atoms in total. The molecular weight excluding hydrogens is 336 g/mol. The molecule has 1 aromatic heterocycles. The molecule has 2 aromatic rings. The van der Waals surface area contributed by atoms with E-state index in [1.807, 2.05) is 52.7 Å². The molecule has 3 heterocycles. The van der Waals surface area contributed by atoms with Crippen molar-refractivity contribution in [3.05, 3.63) is 52.7 Å². The van der Waals surface area contributed by atoms with E-state index in [1.54, 1.807) is 4.90 Å². The van der Waals surface area contributed by atoms with Crippen molar-refractivity contribution in [2.75, 3.05) is 31.1 Å². The Labute approximate surface area is 150 Å². The van der Waals surface area contributed by atoms with E-state index in [1.165, 1.54) is 11.3 Å². The fourth-order valence-electron chi connectivity index (χ4n) is 3.63. The van der Waals surface area contributed by atoms with Crippen LogP contribution < -0.4 is 4.90 Å². The number of thiophene rings is 1. The van der Waals surface area contributed by atoms with Gasteiger partial charge in [0.2, 0.25) is 0 Å². The number of hydrogen-bond donors (Lipinski definition) is 0. The van der Waals surface area contributed by atoms with Crippen molar-refractivity contribution in [1.29, 1.82) is 0 Å². The van der Waals surface area contributed by atoms with Gasteiger partial charge in [-0.2, -0.15) is 0 Å². The van der Waals surface area contributed by atoms with E-state index in [0.29, 0.717) is 13.1 Å². The third kappa shape index (κ3) is 3.19. The summed E-state index contributed by atoms with van der Waals surface area (Å²) >= 11 is 1.46. The Morgan fingerprint density at radius 3 is 2.72 bits per heavy atom. The Kier molecular flexibility index (Phi) is 4.31. The van der Waals surface area contributed by atoms with Gasteiger partial charge < -0.3 is 14.5 Å². The molecule has 0 saturated carbocycles. The molecule has 2 saturated heterocycles. The number of hydrogen-bond acceptors (Lipinski definition) is 4. The van der Waals surface area contributed by atoms with Crippen molar-refractivity contribution >= 4 is 28.8 Å². The molecule has 1 atom stereocenters. The predicted octanol–water partition coefficient (Wildman–Crippen LogP) is 2.79. The smallest absolute Gasteiger partial charge is 0.264 e. The molecule has 0 N–H and O–H groups in total. The van der Waals surface area contributed by atoms with Crippen molar-refractivity contribution < 1.29 is 14.3 Å². The lowest BCUT2D eigenvalue weighted by Crippen LogP contribution is -2.62. The van der Waals surface area contributed by atoms with Crippen molar-refractivity contribution in [3.63, 3.8) is 0 Å². The molecule has 1 unspecified atom stereocenters. The fourth-order valence-corrected chi connectivity index (χ4v) is 4.32. The van der Waals surface area contributed by atoms with Crippen LogP contribution in [0.15, 0.2) is 47.8 Å². The monoisotopic (exact) mass is 356 g/mol. The van der Waals surface area contributed by atoms with Crippen LogP contribution in [-0.4, -0.2) is 48.6 Å². The van der Waals surface area contributed by atoms with Crippen molar-refractivity contribution in [3.8, 4) is 0 Å². The first kappa shape index (κ1) is 16.3. The van der Waals surface area contributed by atoms with Gasteiger partial charge in [0.15, 0.2) is 0 Å². The topological polar surface area (TPSA) is 49.9 Å². The molecule has 0 radical (unpaired) electrons. The third-order valence-corrected chi connectivity index (χ3v) is 5.73. The number of ether oxygens (including phenoxy) is 1. The van der Waals surface area contributed by atoms with Crippen LogP contribution in [0.25, 0.3) is 0 Å². The van der Waals surface area contributed by atoms with Gasteiger partial charge in [0.25, 0.3) is 11.8 Å². The first-order valence-corrected chi connectivity index (χ1v) is 9.37. The number of amides is 2. The minimum atomic E-state index is -0.477. The zero-order valence-electron chi connectivity index (χ0n) is 13.9. The van der Waals surface area contributed by atoms with Crippen LogP contribution in [0.4, 0.5) is 5.69 Å². The highest BCUT2D eigenvalue weighted by Crippen LogP contribution is 2.32. The average molecular weight is 356 g/mol. The number of carbonyl (C=O) groups is 2. The van der Waals surface area contributed by atoms with E-state index in [9.17, 15) is 9.59 Å². The first-order chi connectivity index (χ1) is 12.2. The van der Waals surface area contributed by atoms with Crippen LogP contribution in [-0.2, 0) is 9.53 Å². The number of morpholine rings is 1. The minimum Gasteiger partial charge on any atom is -0.361 e. The van der Waals surface area contributed by atoms with Gasteiger partial charge in [-0.05, 0) is 36.4 Å². The maximum Gasteiger partial charge on any atom is 0.264 e. The molecular formula is C19H20N2O3S. The molecule has 1 spiro atoms. The lowest BCUT2D eigenvalue weighted by atomic mass is 9.90. The maximum absolute atomic E-state index is 12.7. The summed E-state index contributed by atoms with van der Waals surface area (Å²) < 4.78 is 5.99. The van der Waals surface area contributed by atoms with Crippen LogP contribution in [0, 0.1) is 0 Å². The lowest BCUT2D eigenvalue weighted by Gasteiger charge is -2.47. The number of anilines is 1. The Hall–Kier alpha value is -2.18. The molecule has 4 rings (SSSR count). The molecule has 1 aromatic carbocycles. The van der Waals surface area contributed by atoms with Crippen LogP contribution in [0.5, 0.6) is 0 Å². The summed E-state index contributed by atoms with van der Waals surface area (Å²) in [6.45, 7) is 1.82.